The highest BCUT2D eigenvalue weighted by Gasteiger charge is 2.06. The van der Waals surface area contributed by atoms with E-state index in [0.29, 0.717) is 10.8 Å². The standard InChI is InChI=1S/C16H18ClNOS/c1-11(18)9-12-3-8-16(15(17)10-12)19-13-4-6-14(20-2)7-5-13/h3-8,10-11H,9,18H2,1-2H3. The average molecular weight is 308 g/mol. The third-order valence-corrected chi connectivity index (χ3v) is 3.88. The van der Waals surface area contributed by atoms with E-state index in [1.54, 1.807) is 11.8 Å². The first kappa shape index (κ1) is 15.2. The van der Waals surface area contributed by atoms with Gasteiger partial charge in [-0.3, -0.25) is 0 Å². The fourth-order valence-electron chi connectivity index (χ4n) is 1.90. The molecule has 2 rings (SSSR count). The highest BCUT2D eigenvalue weighted by molar-refractivity contribution is 7.98. The summed E-state index contributed by atoms with van der Waals surface area (Å²) in [7, 11) is 0. The molecule has 1 unspecified atom stereocenters. The molecular formula is C16H18ClNOS. The summed E-state index contributed by atoms with van der Waals surface area (Å²) in [5, 5.41) is 0.608. The molecule has 1 atom stereocenters. The summed E-state index contributed by atoms with van der Waals surface area (Å²) in [6.45, 7) is 1.98. The van der Waals surface area contributed by atoms with E-state index in [-0.39, 0.29) is 6.04 Å². The predicted octanol–water partition coefficient (Wildman–Crippen LogP) is 4.74. The van der Waals surface area contributed by atoms with Crippen molar-refractivity contribution in [2.75, 3.05) is 6.26 Å². The van der Waals surface area contributed by atoms with Crippen LogP contribution in [-0.4, -0.2) is 12.3 Å². The average Bonchev–Trinajstić information content (AvgIpc) is 2.42. The van der Waals surface area contributed by atoms with E-state index in [2.05, 4.69) is 0 Å². The molecule has 0 aromatic heterocycles. The van der Waals surface area contributed by atoms with Crippen LogP contribution in [-0.2, 0) is 6.42 Å². The van der Waals surface area contributed by atoms with Gasteiger partial charge in [-0.15, -0.1) is 11.8 Å². The van der Waals surface area contributed by atoms with Crippen LogP contribution >= 0.6 is 23.4 Å². The lowest BCUT2D eigenvalue weighted by molar-refractivity contribution is 0.482. The Morgan fingerprint density at radius 3 is 2.45 bits per heavy atom. The van der Waals surface area contributed by atoms with Crippen LogP contribution in [0.1, 0.15) is 12.5 Å². The van der Waals surface area contributed by atoms with Gasteiger partial charge in [0.1, 0.15) is 11.5 Å². The summed E-state index contributed by atoms with van der Waals surface area (Å²) in [6, 6.07) is 13.9. The Bertz CT molecular complexity index is 569. The van der Waals surface area contributed by atoms with Crippen molar-refractivity contribution in [3.63, 3.8) is 0 Å². The van der Waals surface area contributed by atoms with Crippen LogP contribution in [0.5, 0.6) is 11.5 Å². The molecule has 0 radical (unpaired) electrons. The first-order valence-electron chi connectivity index (χ1n) is 6.44. The van der Waals surface area contributed by atoms with E-state index in [1.807, 2.05) is 55.6 Å². The van der Waals surface area contributed by atoms with Gasteiger partial charge < -0.3 is 10.5 Å². The van der Waals surface area contributed by atoms with E-state index < -0.39 is 0 Å². The molecule has 2 aromatic carbocycles. The molecule has 20 heavy (non-hydrogen) atoms. The molecule has 106 valence electrons. The van der Waals surface area contributed by atoms with Crippen LogP contribution in [0.4, 0.5) is 0 Å². The van der Waals surface area contributed by atoms with Crippen LogP contribution in [0.3, 0.4) is 0 Å². The van der Waals surface area contributed by atoms with Gasteiger partial charge in [-0.25, -0.2) is 0 Å². The molecule has 0 aliphatic heterocycles. The topological polar surface area (TPSA) is 35.2 Å². The van der Waals surface area contributed by atoms with Crippen LogP contribution in [0.15, 0.2) is 47.4 Å². The molecule has 0 saturated carbocycles. The number of nitrogens with two attached hydrogens (primary N) is 1. The maximum atomic E-state index is 6.25. The molecule has 0 amide bonds. The van der Waals surface area contributed by atoms with Gasteiger partial charge in [0.25, 0.3) is 0 Å². The van der Waals surface area contributed by atoms with Crippen LogP contribution in [0.25, 0.3) is 0 Å². The van der Waals surface area contributed by atoms with Gasteiger partial charge in [-0.1, -0.05) is 17.7 Å². The van der Waals surface area contributed by atoms with Crippen molar-refractivity contribution in [3.8, 4) is 11.5 Å². The fourth-order valence-corrected chi connectivity index (χ4v) is 2.55. The minimum absolute atomic E-state index is 0.122. The largest absolute Gasteiger partial charge is 0.456 e. The molecule has 0 heterocycles. The second kappa shape index (κ2) is 7.02. The maximum absolute atomic E-state index is 6.25. The summed E-state index contributed by atoms with van der Waals surface area (Å²) in [4.78, 5) is 1.20. The van der Waals surface area contributed by atoms with Crippen molar-refractivity contribution in [3.05, 3.63) is 53.1 Å². The third kappa shape index (κ3) is 4.17. The van der Waals surface area contributed by atoms with E-state index in [4.69, 9.17) is 22.1 Å². The van der Waals surface area contributed by atoms with Crippen molar-refractivity contribution in [1.82, 2.24) is 0 Å². The molecular weight excluding hydrogens is 290 g/mol. The number of hydrogen-bond donors (Lipinski definition) is 1. The summed E-state index contributed by atoms with van der Waals surface area (Å²) < 4.78 is 5.80. The first-order valence-corrected chi connectivity index (χ1v) is 8.04. The van der Waals surface area contributed by atoms with E-state index >= 15 is 0 Å². The Morgan fingerprint density at radius 1 is 1.20 bits per heavy atom. The predicted molar refractivity (Wildman–Crippen MR) is 87.1 cm³/mol. The minimum Gasteiger partial charge on any atom is -0.456 e. The lowest BCUT2D eigenvalue weighted by Crippen LogP contribution is -2.17. The smallest absolute Gasteiger partial charge is 0.146 e. The summed E-state index contributed by atoms with van der Waals surface area (Å²) in [6.07, 6.45) is 2.85. The zero-order valence-corrected chi connectivity index (χ0v) is 13.2. The molecule has 0 aliphatic rings. The third-order valence-electron chi connectivity index (χ3n) is 2.84. The maximum Gasteiger partial charge on any atom is 0.146 e. The van der Waals surface area contributed by atoms with Crippen molar-refractivity contribution in [2.45, 2.75) is 24.3 Å². The molecule has 2 aromatic rings. The summed E-state index contributed by atoms with van der Waals surface area (Å²) in [5.74, 6) is 1.45. The Morgan fingerprint density at radius 2 is 1.90 bits per heavy atom. The molecule has 4 heteroatoms. The van der Waals surface area contributed by atoms with Gasteiger partial charge in [0.2, 0.25) is 0 Å². The zero-order valence-electron chi connectivity index (χ0n) is 11.6. The van der Waals surface area contributed by atoms with Crippen molar-refractivity contribution < 1.29 is 4.74 Å². The molecule has 0 aliphatic carbocycles. The van der Waals surface area contributed by atoms with Crippen molar-refractivity contribution >= 4 is 23.4 Å². The van der Waals surface area contributed by atoms with Gasteiger partial charge in [0, 0.05) is 10.9 Å². The van der Waals surface area contributed by atoms with Gasteiger partial charge in [0.05, 0.1) is 5.02 Å². The van der Waals surface area contributed by atoms with Crippen molar-refractivity contribution in [2.24, 2.45) is 5.73 Å². The highest BCUT2D eigenvalue weighted by atomic mass is 35.5. The van der Waals surface area contributed by atoms with Gasteiger partial charge in [0.15, 0.2) is 0 Å². The molecule has 0 spiro atoms. The second-order valence-corrected chi connectivity index (χ2v) is 6.01. The van der Waals surface area contributed by atoms with Crippen LogP contribution in [0.2, 0.25) is 5.02 Å². The van der Waals surface area contributed by atoms with Gasteiger partial charge in [-0.2, -0.15) is 0 Å². The second-order valence-electron chi connectivity index (χ2n) is 4.72. The molecule has 2 N–H and O–H groups in total. The van der Waals surface area contributed by atoms with Gasteiger partial charge in [-0.05, 0) is 61.6 Å². The lowest BCUT2D eigenvalue weighted by Gasteiger charge is -2.10. The SMILES string of the molecule is CSc1ccc(Oc2ccc(CC(C)N)cc2Cl)cc1. The Balaban J connectivity index is 2.12. The van der Waals surface area contributed by atoms with Crippen LogP contribution in [0, 0.1) is 0 Å². The Labute approximate surface area is 129 Å². The highest BCUT2D eigenvalue weighted by Crippen LogP contribution is 2.31. The van der Waals surface area contributed by atoms with Crippen molar-refractivity contribution in [1.29, 1.82) is 0 Å². The quantitative estimate of drug-likeness (QED) is 0.810. The fraction of sp³-hybridized carbons (Fsp3) is 0.250. The number of benzene rings is 2. The first-order chi connectivity index (χ1) is 9.58. The molecule has 0 saturated heterocycles. The monoisotopic (exact) mass is 307 g/mol. The Kier molecular flexibility index (Phi) is 5.35. The Hall–Kier alpha value is -1.16. The summed E-state index contributed by atoms with van der Waals surface area (Å²) in [5.41, 5.74) is 6.91. The molecule has 0 fully saturated rings. The number of rotatable bonds is 5. The van der Waals surface area contributed by atoms with E-state index in [1.165, 1.54) is 4.90 Å². The summed E-state index contributed by atoms with van der Waals surface area (Å²) >= 11 is 7.95. The molecule has 0 bridgehead atoms. The molecule has 2 nitrogen and oxygen atoms in total. The van der Waals surface area contributed by atoms with E-state index in [0.717, 1.165) is 17.7 Å². The van der Waals surface area contributed by atoms with Crippen LogP contribution < -0.4 is 10.5 Å². The number of ether oxygens (including phenoxy) is 1. The lowest BCUT2D eigenvalue weighted by atomic mass is 10.1. The zero-order chi connectivity index (χ0) is 14.5. The normalized spacial score (nSPS) is 12.2. The van der Waals surface area contributed by atoms with Gasteiger partial charge >= 0.3 is 0 Å². The minimum atomic E-state index is 0.122. The number of hydrogen-bond acceptors (Lipinski definition) is 3. The number of halogens is 1. The number of thioether (sulfide) groups is 1. The van der Waals surface area contributed by atoms with E-state index in [9.17, 15) is 0 Å².